The van der Waals surface area contributed by atoms with Crippen LogP contribution < -0.4 is 10.6 Å². The minimum atomic E-state index is -0.287. The third kappa shape index (κ3) is 9.26. The topological polar surface area (TPSA) is 61.4 Å². The number of amides is 2. The lowest BCUT2D eigenvalue weighted by atomic mass is 10.2. The van der Waals surface area contributed by atoms with Crippen molar-refractivity contribution in [3.8, 4) is 12.3 Å². The lowest BCUT2D eigenvalue weighted by molar-refractivity contribution is 0.252. The van der Waals surface area contributed by atoms with Crippen LogP contribution in [0.25, 0.3) is 0 Å². The first kappa shape index (κ1) is 18.3. The Morgan fingerprint density at radius 1 is 1.50 bits per heavy atom. The molecule has 0 aromatic heterocycles. The second kappa shape index (κ2) is 12.3. The van der Waals surface area contributed by atoms with Crippen LogP contribution in [-0.4, -0.2) is 30.2 Å². The highest BCUT2D eigenvalue weighted by Crippen LogP contribution is 2.09. The summed E-state index contributed by atoms with van der Waals surface area (Å²) in [4.78, 5) is 11.2. The van der Waals surface area contributed by atoms with Crippen molar-refractivity contribution in [1.82, 2.24) is 5.32 Å². The molecule has 1 aromatic rings. The van der Waals surface area contributed by atoms with Crippen molar-refractivity contribution in [1.29, 1.82) is 0 Å². The fourth-order valence-corrected chi connectivity index (χ4v) is 1.28. The third-order valence-electron chi connectivity index (χ3n) is 2.18. The van der Waals surface area contributed by atoms with Gasteiger partial charge in [-0.2, -0.15) is 0 Å². The number of rotatable bonds is 5. The molecule has 0 radical (unpaired) electrons. The highest BCUT2D eigenvalue weighted by atomic mass is 35.5. The second-order valence-corrected chi connectivity index (χ2v) is 4.25. The van der Waals surface area contributed by atoms with Crippen LogP contribution in [0.2, 0.25) is 0 Å². The van der Waals surface area contributed by atoms with Gasteiger partial charge in [0.25, 0.3) is 0 Å². The van der Waals surface area contributed by atoms with Crippen LogP contribution in [0.4, 0.5) is 10.5 Å². The lowest BCUT2D eigenvalue weighted by Gasteiger charge is -2.06. The summed E-state index contributed by atoms with van der Waals surface area (Å²) in [6.45, 7) is 2.83. The Kier molecular flexibility index (Phi) is 11.3. The second-order valence-electron chi connectivity index (χ2n) is 3.87. The first-order chi connectivity index (χ1) is 9.67. The number of hydrogen-bond donors (Lipinski definition) is 3. The number of aliphatic hydroxyl groups is 1. The Balaban J connectivity index is 0.000000621. The largest absolute Gasteiger partial charge is 0.396 e. The summed E-state index contributed by atoms with van der Waals surface area (Å²) >= 11 is 5.43. The maximum Gasteiger partial charge on any atom is 0.319 e. The van der Waals surface area contributed by atoms with Crippen molar-refractivity contribution in [3.05, 3.63) is 29.8 Å². The highest BCUT2D eigenvalue weighted by molar-refractivity contribution is 6.18. The Bertz CT molecular complexity index is 428. The van der Waals surface area contributed by atoms with Gasteiger partial charge in [0.15, 0.2) is 0 Å². The number of benzene rings is 1. The summed E-state index contributed by atoms with van der Waals surface area (Å²) in [6.07, 6.45) is 7.27. The van der Waals surface area contributed by atoms with Crippen LogP contribution in [0.15, 0.2) is 24.3 Å². The van der Waals surface area contributed by atoms with E-state index in [4.69, 9.17) is 23.1 Å². The van der Waals surface area contributed by atoms with Gasteiger partial charge < -0.3 is 15.7 Å². The minimum Gasteiger partial charge on any atom is -0.396 e. The van der Waals surface area contributed by atoms with Crippen LogP contribution in [0.3, 0.4) is 0 Å². The maximum absolute atomic E-state index is 11.2. The van der Waals surface area contributed by atoms with Crippen molar-refractivity contribution < 1.29 is 9.90 Å². The summed E-state index contributed by atoms with van der Waals surface area (Å²) in [5.74, 6) is 2.88. The van der Waals surface area contributed by atoms with Crippen LogP contribution >= 0.6 is 11.6 Å². The molecule has 0 spiro atoms. The fourth-order valence-electron chi connectivity index (χ4n) is 1.18. The molecule has 0 atom stereocenters. The lowest BCUT2D eigenvalue weighted by Crippen LogP contribution is -2.30. The van der Waals surface area contributed by atoms with Gasteiger partial charge in [0.1, 0.15) is 0 Å². The zero-order valence-electron chi connectivity index (χ0n) is 11.7. The standard InChI is InChI=1S/C11H11ClN2O.C4H10O/c1-2-9-4-3-5-10(8-9)14-11(15)13-7-6-12;1-2-3-4-5/h1,3-5,8H,6-7H2,(H2,13,14,15);5H,2-4H2,1H3. The molecular weight excluding hydrogens is 276 g/mol. The monoisotopic (exact) mass is 296 g/mol. The predicted octanol–water partition coefficient (Wildman–Crippen LogP) is 2.81. The van der Waals surface area contributed by atoms with E-state index in [1.807, 2.05) is 0 Å². The van der Waals surface area contributed by atoms with Crippen molar-refractivity contribution in [2.24, 2.45) is 0 Å². The van der Waals surface area contributed by atoms with Crippen LogP contribution in [0.5, 0.6) is 0 Å². The van der Waals surface area contributed by atoms with E-state index in [1.54, 1.807) is 24.3 Å². The normalized spacial score (nSPS) is 8.90. The van der Waals surface area contributed by atoms with Gasteiger partial charge in [0.05, 0.1) is 0 Å². The molecular formula is C15H21ClN2O2. The van der Waals surface area contributed by atoms with E-state index in [0.29, 0.717) is 24.7 Å². The molecule has 0 aliphatic carbocycles. The Labute approximate surface area is 125 Å². The first-order valence-electron chi connectivity index (χ1n) is 6.46. The summed E-state index contributed by atoms with van der Waals surface area (Å²) in [6, 6.07) is 6.78. The first-order valence-corrected chi connectivity index (χ1v) is 6.99. The van der Waals surface area contributed by atoms with Crippen molar-refractivity contribution in [3.63, 3.8) is 0 Å². The molecule has 2 amide bonds. The third-order valence-corrected chi connectivity index (χ3v) is 2.37. The van der Waals surface area contributed by atoms with E-state index in [9.17, 15) is 4.79 Å². The highest BCUT2D eigenvalue weighted by Gasteiger charge is 2.00. The number of halogens is 1. The van der Waals surface area contributed by atoms with Gasteiger partial charge in [-0.3, -0.25) is 0 Å². The van der Waals surface area contributed by atoms with Gasteiger partial charge in [-0.25, -0.2) is 4.79 Å². The number of carbonyl (C=O) groups excluding carboxylic acids is 1. The van der Waals surface area contributed by atoms with E-state index in [0.717, 1.165) is 18.4 Å². The summed E-state index contributed by atoms with van der Waals surface area (Å²) in [7, 11) is 0. The predicted molar refractivity (Wildman–Crippen MR) is 84.1 cm³/mol. The van der Waals surface area contributed by atoms with Gasteiger partial charge >= 0.3 is 6.03 Å². The van der Waals surface area contributed by atoms with Crippen molar-refractivity contribution >= 4 is 23.3 Å². The summed E-state index contributed by atoms with van der Waals surface area (Å²) in [5, 5.41) is 13.3. The molecule has 0 saturated heterocycles. The average molecular weight is 297 g/mol. The van der Waals surface area contributed by atoms with Crippen LogP contribution in [0.1, 0.15) is 25.3 Å². The molecule has 3 N–H and O–H groups in total. The number of nitrogens with one attached hydrogen (secondary N) is 2. The smallest absolute Gasteiger partial charge is 0.319 e. The molecule has 1 aromatic carbocycles. The number of anilines is 1. The van der Waals surface area contributed by atoms with E-state index in [-0.39, 0.29) is 6.03 Å². The molecule has 20 heavy (non-hydrogen) atoms. The molecule has 110 valence electrons. The number of urea groups is 1. The molecule has 0 saturated carbocycles. The van der Waals surface area contributed by atoms with E-state index >= 15 is 0 Å². The van der Waals surface area contributed by atoms with E-state index in [1.165, 1.54) is 0 Å². The molecule has 5 heteroatoms. The Morgan fingerprint density at radius 2 is 2.25 bits per heavy atom. The van der Waals surface area contributed by atoms with Gasteiger partial charge in [0, 0.05) is 30.3 Å². The van der Waals surface area contributed by atoms with E-state index in [2.05, 4.69) is 23.5 Å². The van der Waals surface area contributed by atoms with Gasteiger partial charge in [0.2, 0.25) is 0 Å². The van der Waals surface area contributed by atoms with Crippen molar-refractivity contribution in [2.45, 2.75) is 19.8 Å². The fraction of sp³-hybridized carbons (Fsp3) is 0.400. The Morgan fingerprint density at radius 3 is 2.75 bits per heavy atom. The SMILES string of the molecule is C#Cc1cccc(NC(=O)NCCCl)c1.CCCCO. The molecule has 0 aliphatic rings. The molecule has 4 nitrogen and oxygen atoms in total. The van der Waals surface area contributed by atoms with Crippen LogP contribution in [0, 0.1) is 12.3 Å². The van der Waals surface area contributed by atoms with Gasteiger partial charge in [-0.15, -0.1) is 18.0 Å². The Hall–Kier alpha value is -1.70. The molecule has 0 unspecified atom stereocenters. The van der Waals surface area contributed by atoms with Gasteiger partial charge in [-0.1, -0.05) is 25.3 Å². The molecule has 0 bridgehead atoms. The number of carbonyl (C=O) groups is 1. The molecule has 0 aliphatic heterocycles. The van der Waals surface area contributed by atoms with Crippen molar-refractivity contribution in [2.75, 3.05) is 24.3 Å². The number of aliphatic hydroxyl groups excluding tert-OH is 1. The average Bonchev–Trinajstić information content (AvgIpc) is 2.47. The zero-order chi connectivity index (χ0) is 15.2. The number of hydrogen-bond acceptors (Lipinski definition) is 2. The zero-order valence-corrected chi connectivity index (χ0v) is 12.4. The summed E-state index contributed by atoms with van der Waals surface area (Å²) < 4.78 is 0. The number of unbranched alkanes of at least 4 members (excludes halogenated alkanes) is 1. The quantitative estimate of drug-likeness (QED) is 0.578. The molecule has 0 fully saturated rings. The minimum absolute atomic E-state index is 0.287. The maximum atomic E-state index is 11.2. The molecule has 1 rings (SSSR count). The molecule has 0 heterocycles. The van der Waals surface area contributed by atoms with Gasteiger partial charge in [-0.05, 0) is 24.6 Å². The van der Waals surface area contributed by atoms with Crippen LogP contribution in [-0.2, 0) is 0 Å². The number of alkyl halides is 1. The summed E-state index contributed by atoms with van der Waals surface area (Å²) in [5.41, 5.74) is 1.39. The number of terminal acetylenes is 1. The van der Waals surface area contributed by atoms with E-state index < -0.39 is 0 Å².